The monoisotopic (exact) mass is 416 g/mol. The molecule has 30 heavy (non-hydrogen) atoms. The van der Waals surface area contributed by atoms with Gasteiger partial charge in [-0.15, -0.1) is 0 Å². The van der Waals surface area contributed by atoms with Crippen molar-refractivity contribution in [2.45, 2.75) is 0 Å². The number of hydrogen-bond acceptors (Lipinski definition) is 9. The highest BCUT2D eigenvalue weighted by molar-refractivity contribution is 5.96. The molecule has 0 fully saturated rings. The molecule has 0 aliphatic carbocycles. The van der Waals surface area contributed by atoms with E-state index >= 15 is 0 Å². The Hall–Kier alpha value is -3.93. The number of carbonyl (C=O) groups is 2. The molecule has 0 aliphatic heterocycles. The molecule has 0 saturated heterocycles. The van der Waals surface area contributed by atoms with E-state index in [0.717, 1.165) is 6.26 Å². The van der Waals surface area contributed by atoms with Crippen LogP contribution in [0.25, 0.3) is 11.5 Å². The summed E-state index contributed by atoms with van der Waals surface area (Å²) in [5.41, 5.74) is 6.53. The number of rotatable bonds is 10. The van der Waals surface area contributed by atoms with Gasteiger partial charge in [0.05, 0.1) is 18.9 Å². The second kappa shape index (κ2) is 9.52. The Labute approximate surface area is 170 Å². The number of anilines is 1. The number of carboxylic acid groups (broad SMARTS) is 1. The lowest BCUT2D eigenvalue weighted by Crippen LogP contribution is -2.28. The van der Waals surface area contributed by atoms with Crippen molar-refractivity contribution in [1.29, 1.82) is 0 Å². The molecule has 158 valence electrons. The van der Waals surface area contributed by atoms with Gasteiger partial charge < -0.3 is 30.0 Å². The van der Waals surface area contributed by atoms with E-state index in [-0.39, 0.29) is 43.0 Å². The highest BCUT2D eigenvalue weighted by Crippen LogP contribution is 2.21. The number of amides is 1. The third kappa shape index (κ3) is 5.32. The van der Waals surface area contributed by atoms with Crippen LogP contribution in [0.5, 0.6) is 5.88 Å². The topological polar surface area (TPSA) is 168 Å². The Morgan fingerprint density at radius 3 is 2.87 bits per heavy atom. The first-order chi connectivity index (χ1) is 14.4. The number of nitrogens with zero attached hydrogens (tertiary/aromatic N) is 4. The van der Waals surface area contributed by atoms with Crippen molar-refractivity contribution in [3.8, 4) is 17.3 Å². The first-order valence-corrected chi connectivity index (χ1v) is 8.87. The van der Waals surface area contributed by atoms with Crippen LogP contribution in [0.1, 0.15) is 21.0 Å². The molecular formula is C18H20N6O6. The molecule has 0 unspecified atom stereocenters. The quantitative estimate of drug-likeness (QED) is 0.397. The van der Waals surface area contributed by atoms with Gasteiger partial charge in [0, 0.05) is 37.6 Å². The van der Waals surface area contributed by atoms with Crippen LogP contribution >= 0.6 is 0 Å². The minimum atomic E-state index is -1.17. The highest BCUT2D eigenvalue weighted by atomic mass is 16.5. The molecule has 0 bridgehead atoms. The zero-order valence-corrected chi connectivity index (χ0v) is 16.1. The zero-order chi connectivity index (χ0) is 21.5. The van der Waals surface area contributed by atoms with Gasteiger partial charge in [0.15, 0.2) is 11.4 Å². The maximum absolute atomic E-state index is 11.9. The molecule has 0 atom stereocenters. The molecule has 12 nitrogen and oxygen atoms in total. The number of nitrogens with two attached hydrogens (primary N) is 1. The van der Waals surface area contributed by atoms with Crippen molar-refractivity contribution in [3.05, 3.63) is 42.2 Å². The summed E-state index contributed by atoms with van der Waals surface area (Å²) in [6, 6.07) is 3.20. The molecule has 0 aliphatic rings. The van der Waals surface area contributed by atoms with Gasteiger partial charge in [-0.05, 0) is 6.07 Å². The molecule has 3 aromatic rings. The summed E-state index contributed by atoms with van der Waals surface area (Å²) in [7, 11) is 1.68. The van der Waals surface area contributed by atoms with Gasteiger partial charge in [0.25, 0.3) is 5.91 Å². The normalized spacial score (nSPS) is 10.7. The van der Waals surface area contributed by atoms with Crippen molar-refractivity contribution >= 4 is 17.6 Å². The van der Waals surface area contributed by atoms with E-state index in [0.29, 0.717) is 23.7 Å². The van der Waals surface area contributed by atoms with Gasteiger partial charge in [-0.3, -0.25) is 9.48 Å². The van der Waals surface area contributed by atoms with Crippen LogP contribution in [0.15, 0.2) is 35.2 Å². The number of nitrogens with one attached hydrogen (secondary N) is 1. The zero-order valence-electron chi connectivity index (χ0n) is 16.1. The van der Waals surface area contributed by atoms with E-state index in [1.807, 2.05) is 0 Å². The van der Waals surface area contributed by atoms with Gasteiger partial charge in [-0.1, -0.05) is 0 Å². The number of carboxylic acids is 1. The lowest BCUT2D eigenvalue weighted by atomic mass is 10.2. The summed E-state index contributed by atoms with van der Waals surface area (Å²) in [5, 5.41) is 15.5. The molecule has 4 N–H and O–H groups in total. The predicted octanol–water partition coefficient (Wildman–Crippen LogP) is 0.576. The second-order valence-electron chi connectivity index (χ2n) is 6.05. The van der Waals surface area contributed by atoms with Crippen molar-refractivity contribution in [3.63, 3.8) is 0 Å². The minimum absolute atomic E-state index is 0.153. The summed E-state index contributed by atoms with van der Waals surface area (Å²) < 4.78 is 17.5. The van der Waals surface area contributed by atoms with Gasteiger partial charge in [0.2, 0.25) is 11.8 Å². The van der Waals surface area contributed by atoms with Gasteiger partial charge >= 0.3 is 5.97 Å². The fourth-order valence-corrected chi connectivity index (χ4v) is 2.44. The Morgan fingerprint density at radius 2 is 2.17 bits per heavy atom. The Bertz CT molecular complexity index is 1030. The molecule has 1 amide bonds. The van der Waals surface area contributed by atoms with Crippen LogP contribution in [-0.2, 0) is 11.8 Å². The molecule has 0 aromatic carbocycles. The SMILES string of the molecule is Cn1cc(N)c(C(=O)NCCOCCOc2cc(-c3nc(C(=O)O)co3)ccn2)n1. The van der Waals surface area contributed by atoms with Gasteiger partial charge in [-0.25, -0.2) is 14.8 Å². The van der Waals surface area contributed by atoms with E-state index in [2.05, 4.69) is 20.4 Å². The second-order valence-corrected chi connectivity index (χ2v) is 6.05. The largest absolute Gasteiger partial charge is 0.476 e. The van der Waals surface area contributed by atoms with Crippen molar-refractivity contribution < 1.29 is 28.6 Å². The van der Waals surface area contributed by atoms with Crippen LogP contribution in [-0.4, -0.2) is 63.1 Å². The van der Waals surface area contributed by atoms with Crippen LogP contribution in [0.2, 0.25) is 0 Å². The van der Waals surface area contributed by atoms with Crippen molar-refractivity contribution in [1.82, 2.24) is 25.1 Å². The van der Waals surface area contributed by atoms with Crippen molar-refractivity contribution in [2.24, 2.45) is 7.05 Å². The first kappa shape index (κ1) is 20.8. The molecular weight excluding hydrogens is 396 g/mol. The summed E-state index contributed by atoms with van der Waals surface area (Å²) in [5.74, 6) is -1.08. The number of aromatic nitrogens is 4. The van der Waals surface area contributed by atoms with Crippen LogP contribution in [0.3, 0.4) is 0 Å². The van der Waals surface area contributed by atoms with E-state index in [4.69, 9.17) is 24.7 Å². The average Bonchev–Trinajstić information content (AvgIpc) is 3.34. The maximum Gasteiger partial charge on any atom is 0.357 e. The van der Waals surface area contributed by atoms with Gasteiger partial charge in [0.1, 0.15) is 12.9 Å². The summed E-state index contributed by atoms with van der Waals surface area (Å²) in [6.07, 6.45) is 4.11. The smallest absolute Gasteiger partial charge is 0.357 e. The number of aryl methyl sites for hydroxylation is 1. The van der Waals surface area contributed by atoms with Crippen LogP contribution < -0.4 is 15.8 Å². The molecule has 12 heteroatoms. The van der Waals surface area contributed by atoms with Crippen molar-refractivity contribution in [2.75, 3.05) is 32.1 Å². The minimum Gasteiger partial charge on any atom is -0.476 e. The molecule has 0 radical (unpaired) electrons. The maximum atomic E-state index is 11.9. The number of carbonyl (C=O) groups excluding carboxylic acids is 1. The van der Waals surface area contributed by atoms with Gasteiger partial charge in [-0.2, -0.15) is 5.10 Å². The average molecular weight is 416 g/mol. The Balaban J connectivity index is 1.37. The van der Waals surface area contributed by atoms with Crippen LogP contribution in [0.4, 0.5) is 5.69 Å². The molecule has 0 saturated carbocycles. The van der Waals surface area contributed by atoms with Crippen LogP contribution in [0, 0.1) is 0 Å². The number of pyridine rings is 1. The number of oxazole rings is 1. The standard InChI is InChI=1S/C18H20N6O6/c1-24-9-12(19)15(23-24)16(25)21-4-5-28-6-7-29-14-8-11(2-3-20-14)17-22-13(10-30-17)18(26)27/h2-3,8-10H,4-7,19H2,1H3,(H,21,25)(H,26,27). The number of aromatic carboxylic acids is 1. The number of ether oxygens (including phenoxy) is 2. The summed E-state index contributed by atoms with van der Waals surface area (Å²) in [4.78, 5) is 30.8. The number of hydrogen-bond donors (Lipinski definition) is 3. The molecule has 3 aromatic heterocycles. The highest BCUT2D eigenvalue weighted by Gasteiger charge is 2.14. The molecule has 3 heterocycles. The lowest BCUT2D eigenvalue weighted by Gasteiger charge is -2.08. The van der Waals surface area contributed by atoms with E-state index in [9.17, 15) is 9.59 Å². The van der Waals surface area contributed by atoms with E-state index in [1.54, 1.807) is 25.4 Å². The van der Waals surface area contributed by atoms with E-state index in [1.165, 1.54) is 10.9 Å². The number of nitrogen functional groups attached to an aromatic ring is 1. The Morgan fingerprint density at radius 1 is 1.33 bits per heavy atom. The molecule has 0 spiro atoms. The molecule has 3 rings (SSSR count). The lowest BCUT2D eigenvalue weighted by molar-refractivity contribution is 0.0690. The first-order valence-electron chi connectivity index (χ1n) is 8.87. The third-order valence-corrected chi connectivity index (χ3v) is 3.79. The summed E-state index contributed by atoms with van der Waals surface area (Å²) in [6.45, 7) is 1.07. The predicted molar refractivity (Wildman–Crippen MR) is 103 cm³/mol. The fourth-order valence-electron chi connectivity index (χ4n) is 2.44. The Kier molecular flexibility index (Phi) is 6.60. The summed E-state index contributed by atoms with van der Waals surface area (Å²) >= 11 is 0. The third-order valence-electron chi connectivity index (χ3n) is 3.79. The van der Waals surface area contributed by atoms with E-state index < -0.39 is 5.97 Å². The fraction of sp³-hybridized carbons (Fsp3) is 0.278.